The molecule has 3 fully saturated rings. The van der Waals surface area contributed by atoms with Crippen LogP contribution in [0.25, 0.3) is 0 Å². The van der Waals surface area contributed by atoms with Crippen molar-refractivity contribution < 1.29 is 14.3 Å². The lowest BCUT2D eigenvalue weighted by atomic mass is 9.74. The summed E-state index contributed by atoms with van der Waals surface area (Å²) in [7, 11) is 0. The van der Waals surface area contributed by atoms with Crippen LogP contribution in [-0.2, 0) is 14.3 Å². The zero-order valence-electron chi connectivity index (χ0n) is 14.2. The Balaban J connectivity index is 1.64. The van der Waals surface area contributed by atoms with E-state index in [1.807, 2.05) is 18.2 Å². The van der Waals surface area contributed by atoms with Gasteiger partial charge >= 0.3 is 5.97 Å². The van der Waals surface area contributed by atoms with Gasteiger partial charge in [-0.25, -0.2) is 0 Å². The molecule has 2 atom stereocenters. The van der Waals surface area contributed by atoms with Crippen LogP contribution < -0.4 is 0 Å². The number of hydrogen-bond acceptors (Lipinski definition) is 3. The highest BCUT2D eigenvalue weighted by Gasteiger charge is 2.58. The Bertz CT molecular complexity index is 609. The minimum atomic E-state index is -0.815. The molecule has 3 nitrogen and oxygen atoms in total. The highest BCUT2D eigenvalue weighted by molar-refractivity contribution is 6.10. The molecular formula is C21H26O3. The lowest BCUT2D eigenvalue weighted by Gasteiger charge is -2.28. The van der Waals surface area contributed by atoms with E-state index in [1.165, 1.54) is 6.42 Å². The average molecular weight is 326 g/mol. The summed E-state index contributed by atoms with van der Waals surface area (Å²) < 4.78 is 5.84. The van der Waals surface area contributed by atoms with Crippen LogP contribution in [0.5, 0.6) is 0 Å². The van der Waals surface area contributed by atoms with Crippen molar-refractivity contribution in [3.63, 3.8) is 0 Å². The number of hydrogen-bond donors (Lipinski definition) is 0. The summed E-state index contributed by atoms with van der Waals surface area (Å²) in [5.74, 6) is -0.301. The lowest BCUT2D eigenvalue weighted by Crippen LogP contribution is -2.39. The van der Waals surface area contributed by atoms with E-state index in [-0.39, 0.29) is 17.7 Å². The van der Waals surface area contributed by atoms with Crippen LogP contribution in [0, 0.1) is 11.8 Å². The SMILES string of the molecule is O=C1OC2(CCCCCCC2)C(=O)C1C(c1ccccc1)C1CC1. The quantitative estimate of drug-likeness (QED) is 0.610. The third kappa shape index (κ3) is 2.78. The van der Waals surface area contributed by atoms with Gasteiger partial charge in [0.15, 0.2) is 11.4 Å². The van der Waals surface area contributed by atoms with Gasteiger partial charge in [0.2, 0.25) is 0 Å². The fourth-order valence-electron chi connectivity index (χ4n) is 4.70. The first-order valence-corrected chi connectivity index (χ1v) is 9.53. The van der Waals surface area contributed by atoms with Crippen LogP contribution in [0.1, 0.15) is 69.3 Å². The Morgan fingerprint density at radius 1 is 0.917 bits per heavy atom. The summed E-state index contributed by atoms with van der Waals surface area (Å²) >= 11 is 0. The predicted octanol–water partition coefficient (Wildman–Crippen LogP) is 4.41. The molecule has 1 aliphatic heterocycles. The molecule has 1 aromatic rings. The highest BCUT2D eigenvalue weighted by atomic mass is 16.6. The van der Waals surface area contributed by atoms with E-state index in [0.29, 0.717) is 5.92 Å². The number of carbonyl (C=O) groups excluding carboxylic acids is 2. The van der Waals surface area contributed by atoms with Crippen molar-refractivity contribution in [3.8, 4) is 0 Å². The topological polar surface area (TPSA) is 43.4 Å². The van der Waals surface area contributed by atoms with Crippen molar-refractivity contribution in [2.24, 2.45) is 11.8 Å². The standard InChI is InChI=1S/C21H26O3/c22-19-18(17(16-11-12-16)15-9-5-4-6-10-15)20(23)24-21(19)13-7-2-1-3-8-14-21/h4-6,9-10,16-18H,1-3,7-8,11-14H2. The molecule has 0 N–H and O–H groups in total. The van der Waals surface area contributed by atoms with Crippen molar-refractivity contribution in [2.45, 2.75) is 69.3 Å². The Hall–Kier alpha value is -1.64. The van der Waals surface area contributed by atoms with Crippen molar-refractivity contribution in [1.82, 2.24) is 0 Å². The normalized spacial score (nSPS) is 28.2. The molecule has 24 heavy (non-hydrogen) atoms. The molecule has 2 saturated carbocycles. The van der Waals surface area contributed by atoms with Crippen LogP contribution in [0.4, 0.5) is 0 Å². The Kier molecular flexibility index (Phi) is 4.19. The van der Waals surface area contributed by atoms with Gasteiger partial charge in [0.05, 0.1) is 0 Å². The molecule has 2 unspecified atom stereocenters. The van der Waals surface area contributed by atoms with Gasteiger partial charge in [0.25, 0.3) is 0 Å². The molecule has 1 heterocycles. The third-order valence-electron chi connectivity index (χ3n) is 6.12. The molecule has 0 radical (unpaired) electrons. The summed E-state index contributed by atoms with van der Waals surface area (Å²) in [6.07, 6.45) is 9.17. The van der Waals surface area contributed by atoms with E-state index in [9.17, 15) is 9.59 Å². The van der Waals surface area contributed by atoms with Crippen LogP contribution in [0.2, 0.25) is 0 Å². The van der Waals surface area contributed by atoms with Gasteiger partial charge in [-0.05, 0) is 50.0 Å². The summed E-state index contributed by atoms with van der Waals surface area (Å²) in [6, 6.07) is 10.1. The van der Waals surface area contributed by atoms with Crippen molar-refractivity contribution in [2.75, 3.05) is 0 Å². The van der Waals surface area contributed by atoms with E-state index in [1.54, 1.807) is 0 Å². The largest absolute Gasteiger partial charge is 0.450 e. The number of rotatable bonds is 3. The molecule has 128 valence electrons. The Morgan fingerprint density at radius 3 is 2.17 bits per heavy atom. The first-order valence-electron chi connectivity index (χ1n) is 9.53. The summed E-state index contributed by atoms with van der Waals surface area (Å²) in [6.45, 7) is 0. The number of ketones is 1. The van der Waals surface area contributed by atoms with E-state index in [4.69, 9.17) is 4.74 Å². The van der Waals surface area contributed by atoms with E-state index in [0.717, 1.165) is 56.9 Å². The first kappa shape index (κ1) is 15.9. The van der Waals surface area contributed by atoms with Crippen molar-refractivity contribution in [1.29, 1.82) is 0 Å². The fraction of sp³-hybridized carbons (Fsp3) is 0.619. The van der Waals surface area contributed by atoms with Crippen LogP contribution in [0.3, 0.4) is 0 Å². The van der Waals surface area contributed by atoms with E-state index < -0.39 is 11.5 Å². The predicted molar refractivity (Wildman–Crippen MR) is 91.5 cm³/mol. The zero-order chi connectivity index (χ0) is 16.6. The monoisotopic (exact) mass is 326 g/mol. The van der Waals surface area contributed by atoms with Gasteiger partial charge in [0.1, 0.15) is 5.92 Å². The molecule has 3 aliphatic rings. The van der Waals surface area contributed by atoms with Crippen LogP contribution >= 0.6 is 0 Å². The molecule has 1 spiro atoms. The summed E-state index contributed by atoms with van der Waals surface area (Å²) in [5, 5.41) is 0. The van der Waals surface area contributed by atoms with Crippen molar-refractivity contribution in [3.05, 3.63) is 35.9 Å². The molecule has 2 aliphatic carbocycles. The average Bonchev–Trinajstić information content (AvgIpc) is 3.36. The van der Waals surface area contributed by atoms with Crippen molar-refractivity contribution >= 4 is 11.8 Å². The molecule has 1 saturated heterocycles. The van der Waals surface area contributed by atoms with Gasteiger partial charge in [-0.15, -0.1) is 0 Å². The van der Waals surface area contributed by atoms with Gasteiger partial charge in [-0.3, -0.25) is 9.59 Å². The Labute approximate surface area is 143 Å². The smallest absolute Gasteiger partial charge is 0.318 e. The highest BCUT2D eigenvalue weighted by Crippen LogP contribution is 2.51. The van der Waals surface area contributed by atoms with Gasteiger partial charge in [-0.2, -0.15) is 0 Å². The van der Waals surface area contributed by atoms with Gasteiger partial charge in [0, 0.05) is 5.92 Å². The number of ether oxygens (including phenoxy) is 1. The number of esters is 1. The number of benzene rings is 1. The molecule has 0 bridgehead atoms. The van der Waals surface area contributed by atoms with Crippen LogP contribution in [0.15, 0.2) is 30.3 Å². The van der Waals surface area contributed by atoms with Crippen LogP contribution in [-0.4, -0.2) is 17.4 Å². The maximum atomic E-state index is 13.4. The van der Waals surface area contributed by atoms with Gasteiger partial charge in [-0.1, -0.05) is 49.6 Å². The molecule has 1 aromatic carbocycles. The van der Waals surface area contributed by atoms with Gasteiger partial charge < -0.3 is 4.74 Å². The number of carbonyl (C=O) groups is 2. The van der Waals surface area contributed by atoms with E-state index >= 15 is 0 Å². The zero-order valence-corrected chi connectivity index (χ0v) is 14.2. The fourth-order valence-corrected chi connectivity index (χ4v) is 4.70. The van der Waals surface area contributed by atoms with E-state index in [2.05, 4.69) is 12.1 Å². The Morgan fingerprint density at radius 2 is 1.54 bits per heavy atom. The molecule has 4 rings (SSSR count). The maximum absolute atomic E-state index is 13.4. The number of Topliss-reactive ketones (excluding diaryl/α,β-unsaturated/α-hetero) is 1. The molecule has 3 heteroatoms. The first-order chi connectivity index (χ1) is 11.7. The summed E-state index contributed by atoms with van der Waals surface area (Å²) in [5.41, 5.74) is 0.308. The minimum Gasteiger partial charge on any atom is -0.450 e. The maximum Gasteiger partial charge on any atom is 0.318 e. The second-order valence-corrected chi connectivity index (χ2v) is 7.80. The molecule has 0 aromatic heterocycles. The summed E-state index contributed by atoms with van der Waals surface area (Å²) in [4.78, 5) is 26.1. The molecule has 0 amide bonds. The molecular weight excluding hydrogens is 300 g/mol. The third-order valence-corrected chi connectivity index (χ3v) is 6.12. The lowest BCUT2D eigenvalue weighted by molar-refractivity contribution is -0.154. The second-order valence-electron chi connectivity index (χ2n) is 7.80. The minimum absolute atomic E-state index is 0.0102. The second kappa shape index (κ2) is 6.34.